The van der Waals surface area contributed by atoms with E-state index in [0.29, 0.717) is 11.5 Å². The summed E-state index contributed by atoms with van der Waals surface area (Å²) in [6.45, 7) is 3.83. The van der Waals surface area contributed by atoms with Crippen molar-refractivity contribution < 1.29 is 13.2 Å². The first-order chi connectivity index (χ1) is 12.4. The third kappa shape index (κ3) is 4.50. The number of hydrogen-bond acceptors (Lipinski definition) is 3. The third-order valence-corrected chi connectivity index (χ3v) is 5.58. The van der Waals surface area contributed by atoms with Crippen LogP contribution >= 0.6 is 0 Å². The van der Waals surface area contributed by atoms with Crippen LogP contribution in [0, 0.1) is 6.92 Å². The van der Waals surface area contributed by atoms with Gasteiger partial charge in [-0.15, -0.1) is 0 Å². The van der Waals surface area contributed by atoms with E-state index in [4.69, 9.17) is 4.74 Å². The second-order valence-electron chi connectivity index (χ2n) is 6.14. The number of sulfonamides is 1. The van der Waals surface area contributed by atoms with Crippen LogP contribution in [-0.2, 0) is 10.0 Å². The first kappa shape index (κ1) is 18.2. The molecule has 0 aliphatic rings. The summed E-state index contributed by atoms with van der Waals surface area (Å²) in [7, 11) is -3.61. The van der Waals surface area contributed by atoms with Crippen molar-refractivity contribution in [2.45, 2.75) is 24.8 Å². The van der Waals surface area contributed by atoms with Gasteiger partial charge in [0.15, 0.2) is 0 Å². The zero-order valence-corrected chi connectivity index (χ0v) is 15.5. The lowest BCUT2D eigenvalue weighted by Gasteiger charge is -2.15. The molecule has 0 fully saturated rings. The fourth-order valence-electron chi connectivity index (χ4n) is 2.54. The van der Waals surface area contributed by atoms with Crippen molar-refractivity contribution in [2.75, 3.05) is 0 Å². The highest BCUT2D eigenvalue weighted by Gasteiger charge is 2.18. The third-order valence-electron chi connectivity index (χ3n) is 4.02. The minimum absolute atomic E-state index is 0.205. The number of nitrogens with one attached hydrogen (secondary N) is 1. The lowest BCUT2D eigenvalue weighted by atomic mass is 10.1. The zero-order valence-electron chi connectivity index (χ0n) is 14.7. The van der Waals surface area contributed by atoms with Gasteiger partial charge in [0.05, 0.1) is 4.90 Å². The van der Waals surface area contributed by atoms with E-state index in [1.807, 2.05) is 68.4 Å². The van der Waals surface area contributed by atoms with Crippen LogP contribution in [-0.4, -0.2) is 8.42 Å². The van der Waals surface area contributed by atoms with Crippen molar-refractivity contribution in [3.05, 3.63) is 90.0 Å². The van der Waals surface area contributed by atoms with Gasteiger partial charge in [-0.25, -0.2) is 13.1 Å². The van der Waals surface area contributed by atoms with E-state index < -0.39 is 10.0 Å². The lowest BCUT2D eigenvalue weighted by molar-refractivity contribution is 0.482. The normalized spacial score (nSPS) is 12.5. The van der Waals surface area contributed by atoms with Crippen molar-refractivity contribution >= 4 is 10.0 Å². The van der Waals surface area contributed by atoms with E-state index in [-0.39, 0.29) is 10.9 Å². The molecule has 3 rings (SSSR count). The number of benzene rings is 3. The molecule has 0 spiro atoms. The maximum atomic E-state index is 12.6. The van der Waals surface area contributed by atoms with E-state index in [1.165, 1.54) is 0 Å². The van der Waals surface area contributed by atoms with Crippen molar-refractivity contribution in [2.24, 2.45) is 0 Å². The Kier molecular flexibility index (Phi) is 5.40. The minimum Gasteiger partial charge on any atom is -0.457 e. The van der Waals surface area contributed by atoms with Crippen LogP contribution in [0.5, 0.6) is 11.5 Å². The molecule has 3 aromatic carbocycles. The van der Waals surface area contributed by atoms with Crippen LogP contribution < -0.4 is 9.46 Å². The summed E-state index contributed by atoms with van der Waals surface area (Å²) in [5.41, 5.74) is 2.06. The quantitative estimate of drug-likeness (QED) is 0.679. The Morgan fingerprint density at radius 1 is 0.808 bits per heavy atom. The van der Waals surface area contributed by atoms with Gasteiger partial charge in [0.25, 0.3) is 0 Å². The van der Waals surface area contributed by atoms with Gasteiger partial charge in [-0.05, 0) is 55.8 Å². The molecule has 0 aromatic heterocycles. The second kappa shape index (κ2) is 7.72. The predicted octanol–water partition coefficient (Wildman–Crippen LogP) is 4.83. The Bertz CT molecular complexity index is 950. The molecule has 5 heteroatoms. The molecule has 1 N–H and O–H groups in total. The highest BCUT2D eigenvalue weighted by Crippen LogP contribution is 2.23. The molecule has 0 unspecified atom stereocenters. The Hall–Kier alpha value is -2.63. The number of rotatable bonds is 6. The minimum atomic E-state index is -3.61. The summed E-state index contributed by atoms with van der Waals surface area (Å²) in [6, 6.07) is 23.2. The molecule has 134 valence electrons. The number of hydrogen-bond donors (Lipinski definition) is 1. The van der Waals surface area contributed by atoms with Crippen molar-refractivity contribution in [1.82, 2.24) is 4.72 Å². The highest BCUT2D eigenvalue weighted by atomic mass is 32.2. The maximum Gasteiger partial charge on any atom is 0.241 e. The maximum absolute atomic E-state index is 12.6. The van der Waals surface area contributed by atoms with Crippen molar-refractivity contribution in [1.29, 1.82) is 0 Å². The van der Waals surface area contributed by atoms with Gasteiger partial charge in [0, 0.05) is 6.04 Å². The number of para-hydroxylation sites is 1. The molecule has 4 nitrogen and oxygen atoms in total. The molecule has 0 saturated carbocycles. The Labute approximate surface area is 154 Å². The smallest absolute Gasteiger partial charge is 0.241 e. The van der Waals surface area contributed by atoms with Crippen LogP contribution in [0.15, 0.2) is 83.8 Å². The Balaban J connectivity index is 1.71. The summed E-state index contributed by atoms with van der Waals surface area (Å²) < 4.78 is 33.6. The lowest BCUT2D eigenvalue weighted by Crippen LogP contribution is -2.26. The van der Waals surface area contributed by atoms with Gasteiger partial charge in [0.2, 0.25) is 10.0 Å². The van der Waals surface area contributed by atoms with E-state index in [0.717, 1.165) is 11.1 Å². The Morgan fingerprint density at radius 2 is 1.38 bits per heavy atom. The fourth-order valence-corrected chi connectivity index (χ4v) is 3.77. The second-order valence-corrected chi connectivity index (χ2v) is 7.85. The topological polar surface area (TPSA) is 55.4 Å². The van der Waals surface area contributed by atoms with Crippen LogP contribution in [0.1, 0.15) is 24.1 Å². The van der Waals surface area contributed by atoms with Gasteiger partial charge >= 0.3 is 0 Å². The predicted molar refractivity (Wildman–Crippen MR) is 103 cm³/mol. The summed E-state index contributed by atoms with van der Waals surface area (Å²) in [6.07, 6.45) is 0. The van der Waals surface area contributed by atoms with Crippen LogP contribution in [0.3, 0.4) is 0 Å². The molecule has 1 atom stereocenters. The monoisotopic (exact) mass is 367 g/mol. The van der Waals surface area contributed by atoms with E-state index >= 15 is 0 Å². The molecule has 0 amide bonds. The zero-order chi connectivity index (χ0) is 18.6. The summed E-state index contributed by atoms with van der Waals surface area (Å²) in [4.78, 5) is 0.205. The van der Waals surface area contributed by atoms with E-state index in [1.54, 1.807) is 24.3 Å². The summed E-state index contributed by atoms with van der Waals surface area (Å²) in [5.74, 6) is 1.29. The summed E-state index contributed by atoms with van der Waals surface area (Å²) in [5, 5.41) is 0. The van der Waals surface area contributed by atoms with Crippen molar-refractivity contribution in [3.63, 3.8) is 0 Å². The molecule has 0 saturated heterocycles. The van der Waals surface area contributed by atoms with E-state index in [2.05, 4.69) is 4.72 Å². The average Bonchev–Trinajstić information content (AvgIpc) is 2.63. The average molecular weight is 367 g/mol. The van der Waals surface area contributed by atoms with Gasteiger partial charge < -0.3 is 4.74 Å². The van der Waals surface area contributed by atoms with Crippen molar-refractivity contribution in [3.8, 4) is 11.5 Å². The highest BCUT2D eigenvalue weighted by molar-refractivity contribution is 7.89. The number of ether oxygens (including phenoxy) is 1. The van der Waals surface area contributed by atoms with Gasteiger partial charge in [-0.2, -0.15) is 0 Å². The largest absolute Gasteiger partial charge is 0.457 e. The van der Waals surface area contributed by atoms with Gasteiger partial charge in [-0.3, -0.25) is 0 Å². The molecule has 0 heterocycles. The van der Waals surface area contributed by atoms with Gasteiger partial charge in [0.1, 0.15) is 11.5 Å². The molecule has 3 aromatic rings. The van der Waals surface area contributed by atoms with Crippen LogP contribution in [0.25, 0.3) is 0 Å². The first-order valence-corrected chi connectivity index (χ1v) is 9.84. The Morgan fingerprint density at radius 3 is 2.00 bits per heavy atom. The van der Waals surface area contributed by atoms with Crippen LogP contribution in [0.4, 0.5) is 0 Å². The first-order valence-electron chi connectivity index (χ1n) is 8.36. The molecule has 26 heavy (non-hydrogen) atoms. The SMILES string of the molecule is Cc1ccc([C@H](C)NS(=O)(=O)c2ccc(Oc3ccccc3)cc2)cc1. The van der Waals surface area contributed by atoms with E-state index in [9.17, 15) is 8.42 Å². The molecule has 0 aliphatic heterocycles. The van der Waals surface area contributed by atoms with Crippen LogP contribution in [0.2, 0.25) is 0 Å². The summed E-state index contributed by atoms with van der Waals surface area (Å²) >= 11 is 0. The fraction of sp³-hybridized carbons (Fsp3) is 0.143. The molecule has 0 aliphatic carbocycles. The standard InChI is InChI=1S/C21H21NO3S/c1-16-8-10-18(11-9-16)17(2)22-26(23,24)21-14-12-20(13-15-21)25-19-6-4-3-5-7-19/h3-15,17,22H,1-2H3/t17-/m0/s1. The molecule has 0 radical (unpaired) electrons. The van der Waals surface area contributed by atoms with Gasteiger partial charge in [-0.1, -0.05) is 48.0 Å². The number of aryl methyl sites for hydroxylation is 1. The molecule has 0 bridgehead atoms. The molecular weight excluding hydrogens is 346 g/mol. The molecular formula is C21H21NO3S.